The molecular formula is C17H27N. The van der Waals surface area contributed by atoms with Crippen molar-refractivity contribution in [2.24, 2.45) is 11.1 Å². The molecule has 0 atom stereocenters. The fourth-order valence-corrected chi connectivity index (χ4v) is 3.08. The number of benzene rings is 1. The first kappa shape index (κ1) is 13.6. The summed E-state index contributed by atoms with van der Waals surface area (Å²) >= 11 is 0. The molecule has 1 aliphatic carbocycles. The summed E-state index contributed by atoms with van der Waals surface area (Å²) in [6, 6.07) is 6.55. The molecule has 1 aromatic rings. The average Bonchev–Trinajstić information content (AvgIpc) is 2.29. The smallest absolute Gasteiger partial charge is 0.0195 e. The molecule has 0 amide bonds. The van der Waals surface area contributed by atoms with Crippen molar-refractivity contribution < 1.29 is 0 Å². The second-order valence-corrected chi connectivity index (χ2v) is 7.07. The second kappa shape index (κ2) is 4.70. The summed E-state index contributed by atoms with van der Waals surface area (Å²) in [6.45, 7) is 9.15. The number of aryl methyl sites for hydroxylation is 2. The van der Waals surface area contributed by atoms with Crippen molar-refractivity contribution in [3.8, 4) is 0 Å². The van der Waals surface area contributed by atoms with Crippen molar-refractivity contribution in [2.45, 2.75) is 65.3 Å². The Labute approximate surface area is 112 Å². The zero-order valence-electron chi connectivity index (χ0n) is 12.3. The Kier molecular flexibility index (Phi) is 3.55. The first-order chi connectivity index (χ1) is 8.31. The summed E-state index contributed by atoms with van der Waals surface area (Å²) in [5.41, 5.74) is 11.4. The Morgan fingerprint density at radius 2 is 1.50 bits per heavy atom. The van der Waals surface area contributed by atoms with E-state index in [0.29, 0.717) is 5.41 Å². The molecule has 1 saturated carbocycles. The number of nitrogens with two attached hydrogens (primary N) is 1. The van der Waals surface area contributed by atoms with Gasteiger partial charge in [0, 0.05) is 5.54 Å². The third-order valence-corrected chi connectivity index (χ3v) is 4.77. The molecule has 100 valence electrons. The molecule has 0 heterocycles. The topological polar surface area (TPSA) is 26.0 Å². The fourth-order valence-electron chi connectivity index (χ4n) is 3.08. The van der Waals surface area contributed by atoms with E-state index in [1.165, 1.54) is 29.5 Å². The van der Waals surface area contributed by atoms with Crippen LogP contribution in [0.5, 0.6) is 0 Å². The Morgan fingerprint density at radius 3 is 2.00 bits per heavy atom. The standard InChI is InChI=1S/C17H27N/c1-13-6-5-7-14(2)15(13)12-17(18)10-8-16(3,4)9-11-17/h5-7H,8-12,18H2,1-4H3. The van der Waals surface area contributed by atoms with Crippen LogP contribution in [0.2, 0.25) is 0 Å². The monoisotopic (exact) mass is 245 g/mol. The van der Waals surface area contributed by atoms with Crippen LogP contribution in [-0.2, 0) is 6.42 Å². The first-order valence-corrected chi connectivity index (χ1v) is 7.15. The van der Waals surface area contributed by atoms with Crippen LogP contribution in [0.1, 0.15) is 56.2 Å². The normalized spacial score (nSPS) is 21.8. The van der Waals surface area contributed by atoms with Crippen molar-refractivity contribution in [1.82, 2.24) is 0 Å². The minimum atomic E-state index is 0.0202. The summed E-state index contributed by atoms with van der Waals surface area (Å²) in [5, 5.41) is 0. The van der Waals surface area contributed by atoms with E-state index in [0.717, 1.165) is 19.3 Å². The van der Waals surface area contributed by atoms with Crippen LogP contribution in [0.3, 0.4) is 0 Å². The van der Waals surface area contributed by atoms with E-state index in [2.05, 4.69) is 45.9 Å². The van der Waals surface area contributed by atoms with Crippen LogP contribution in [0.15, 0.2) is 18.2 Å². The molecule has 0 aromatic heterocycles. The molecule has 2 N–H and O–H groups in total. The SMILES string of the molecule is Cc1cccc(C)c1CC1(N)CCC(C)(C)CC1. The molecule has 18 heavy (non-hydrogen) atoms. The number of rotatable bonds is 2. The molecule has 2 rings (SSSR count). The molecular weight excluding hydrogens is 218 g/mol. The molecule has 0 unspecified atom stereocenters. The minimum Gasteiger partial charge on any atom is -0.325 e. The molecule has 0 saturated heterocycles. The van der Waals surface area contributed by atoms with Gasteiger partial charge in [-0.2, -0.15) is 0 Å². The molecule has 1 nitrogen and oxygen atoms in total. The highest BCUT2D eigenvalue weighted by molar-refractivity contribution is 5.35. The van der Waals surface area contributed by atoms with Gasteiger partial charge in [-0.15, -0.1) is 0 Å². The van der Waals surface area contributed by atoms with Gasteiger partial charge in [0.2, 0.25) is 0 Å². The van der Waals surface area contributed by atoms with Gasteiger partial charge < -0.3 is 5.73 Å². The lowest BCUT2D eigenvalue weighted by Gasteiger charge is -2.41. The largest absolute Gasteiger partial charge is 0.325 e. The van der Waals surface area contributed by atoms with E-state index in [4.69, 9.17) is 5.73 Å². The van der Waals surface area contributed by atoms with Gasteiger partial charge in [0.05, 0.1) is 0 Å². The summed E-state index contributed by atoms with van der Waals surface area (Å²) in [7, 11) is 0. The van der Waals surface area contributed by atoms with Crippen molar-refractivity contribution in [3.63, 3.8) is 0 Å². The van der Waals surface area contributed by atoms with E-state index in [-0.39, 0.29) is 5.54 Å². The number of hydrogen-bond acceptors (Lipinski definition) is 1. The zero-order chi connectivity index (χ0) is 13.4. The van der Waals surface area contributed by atoms with Gasteiger partial charge in [-0.05, 0) is 68.1 Å². The Hall–Kier alpha value is -0.820. The maximum absolute atomic E-state index is 6.65. The fraction of sp³-hybridized carbons (Fsp3) is 0.647. The average molecular weight is 245 g/mol. The second-order valence-electron chi connectivity index (χ2n) is 7.07. The maximum atomic E-state index is 6.65. The van der Waals surface area contributed by atoms with Gasteiger partial charge in [0.25, 0.3) is 0 Å². The Bertz CT molecular complexity index is 401. The highest BCUT2D eigenvalue weighted by Gasteiger charge is 2.35. The lowest BCUT2D eigenvalue weighted by molar-refractivity contribution is 0.164. The van der Waals surface area contributed by atoms with E-state index in [1.807, 2.05) is 0 Å². The van der Waals surface area contributed by atoms with Crippen LogP contribution in [0.4, 0.5) is 0 Å². The lowest BCUT2D eigenvalue weighted by atomic mass is 9.67. The van der Waals surface area contributed by atoms with Gasteiger partial charge in [0.15, 0.2) is 0 Å². The first-order valence-electron chi connectivity index (χ1n) is 7.15. The van der Waals surface area contributed by atoms with E-state index < -0.39 is 0 Å². The van der Waals surface area contributed by atoms with Crippen molar-refractivity contribution in [2.75, 3.05) is 0 Å². The van der Waals surface area contributed by atoms with Crippen LogP contribution in [-0.4, -0.2) is 5.54 Å². The van der Waals surface area contributed by atoms with Crippen LogP contribution >= 0.6 is 0 Å². The molecule has 1 heteroatoms. The third kappa shape index (κ3) is 2.95. The minimum absolute atomic E-state index is 0.0202. The number of hydrogen-bond donors (Lipinski definition) is 1. The summed E-state index contributed by atoms with van der Waals surface area (Å²) in [4.78, 5) is 0. The van der Waals surface area contributed by atoms with Crippen LogP contribution in [0.25, 0.3) is 0 Å². The highest BCUT2D eigenvalue weighted by atomic mass is 14.7. The maximum Gasteiger partial charge on any atom is 0.0195 e. The van der Waals surface area contributed by atoms with Gasteiger partial charge in [-0.25, -0.2) is 0 Å². The molecule has 0 radical (unpaired) electrons. The predicted molar refractivity (Wildman–Crippen MR) is 78.8 cm³/mol. The van der Waals surface area contributed by atoms with Crippen molar-refractivity contribution >= 4 is 0 Å². The third-order valence-electron chi connectivity index (χ3n) is 4.77. The highest BCUT2D eigenvalue weighted by Crippen LogP contribution is 2.40. The van der Waals surface area contributed by atoms with Gasteiger partial charge in [-0.1, -0.05) is 32.0 Å². The van der Waals surface area contributed by atoms with Gasteiger partial charge >= 0.3 is 0 Å². The molecule has 1 aliphatic rings. The van der Waals surface area contributed by atoms with E-state index >= 15 is 0 Å². The van der Waals surface area contributed by atoms with Gasteiger partial charge in [-0.3, -0.25) is 0 Å². The quantitative estimate of drug-likeness (QED) is 0.832. The van der Waals surface area contributed by atoms with Crippen LogP contribution < -0.4 is 5.73 Å². The Morgan fingerprint density at radius 1 is 1.00 bits per heavy atom. The lowest BCUT2D eigenvalue weighted by Crippen LogP contribution is -2.47. The van der Waals surface area contributed by atoms with Crippen molar-refractivity contribution in [3.05, 3.63) is 34.9 Å². The predicted octanol–water partition coefficient (Wildman–Crippen LogP) is 4.14. The summed E-state index contributed by atoms with van der Waals surface area (Å²) in [6.07, 6.45) is 5.88. The molecule has 0 bridgehead atoms. The van der Waals surface area contributed by atoms with Crippen molar-refractivity contribution in [1.29, 1.82) is 0 Å². The van der Waals surface area contributed by atoms with Gasteiger partial charge in [0.1, 0.15) is 0 Å². The summed E-state index contributed by atoms with van der Waals surface area (Å²) < 4.78 is 0. The summed E-state index contributed by atoms with van der Waals surface area (Å²) in [5.74, 6) is 0. The molecule has 1 fully saturated rings. The molecule has 0 aliphatic heterocycles. The van der Waals surface area contributed by atoms with Crippen LogP contribution in [0, 0.1) is 19.3 Å². The van der Waals surface area contributed by atoms with E-state index in [1.54, 1.807) is 0 Å². The molecule has 0 spiro atoms. The Balaban J connectivity index is 2.14. The van der Waals surface area contributed by atoms with E-state index in [9.17, 15) is 0 Å². The molecule has 1 aromatic carbocycles. The zero-order valence-corrected chi connectivity index (χ0v) is 12.3.